The van der Waals surface area contributed by atoms with E-state index in [0.29, 0.717) is 16.8 Å². The van der Waals surface area contributed by atoms with Crippen LogP contribution in [0.2, 0.25) is 0 Å². The highest BCUT2D eigenvalue weighted by atomic mass is 32.1. The van der Waals surface area contributed by atoms with Crippen LogP contribution in [-0.4, -0.2) is 42.5 Å². The van der Waals surface area contributed by atoms with E-state index in [2.05, 4.69) is 31.1 Å². The molecule has 0 aliphatic heterocycles. The van der Waals surface area contributed by atoms with Crippen LogP contribution in [0.3, 0.4) is 0 Å². The van der Waals surface area contributed by atoms with E-state index in [1.54, 1.807) is 43.3 Å². The van der Waals surface area contributed by atoms with Crippen molar-refractivity contribution in [1.82, 2.24) is 30.2 Å². The molecule has 0 saturated carbocycles. The maximum atomic E-state index is 13.3. The van der Waals surface area contributed by atoms with Crippen molar-refractivity contribution in [3.8, 4) is 0 Å². The number of aromatic carboxylic acids is 1. The summed E-state index contributed by atoms with van der Waals surface area (Å²) in [4.78, 5) is 64.8. The van der Waals surface area contributed by atoms with E-state index in [0.717, 1.165) is 0 Å². The van der Waals surface area contributed by atoms with Gasteiger partial charge in [0.05, 0.1) is 11.6 Å². The third kappa shape index (κ3) is 5.35. The number of hydrogen-bond donors (Lipinski definition) is 6. The molecule has 2 heterocycles. The zero-order valence-electron chi connectivity index (χ0n) is 21.8. The van der Waals surface area contributed by atoms with Crippen LogP contribution in [0.5, 0.6) is 0 Å². The molecule has 7 N–H and O–H groups in total. The van der Waals surface area contributed by atoms with E-state index < -0.39 is 34.7 Å². The number of nitrogens with zero attached hydrogens (tertiary/aromatic N) is 3. The summed E-state index contributed by atoms with van der Waals surface area (Å²) in [7, 11) is 0. The molecule has 212 valence electrons. The Morgan fingerprint density at radius 3 is 2.50 bits per heavy atom. The summed E-state index contributed by atoms with van der Waals surface area (Å²) >= 11 is 5.25. The molecular formula is C27H22N8O6S. The Hall–Kier alpha value is -5.70. The highest BCUT2D eigenvalue weighted by molar-refractivity contribution is 7.71. The molecule has 0 bridgehead atoms. The number of carboxylic acids is 1. The Kier molecular flexibility index (Phi) is 7.33. The lowest BCUT2D eigenvalue weighted by molar-refractivity contribution is 0.0696. The monoisotopic (exact) mass is 586 g/mol. The third-order valence-corrected chi connectivity index (χ3v) is 6.73. The number of fused-ring (bicyclic) bond motifs is 1. The van der Waals surface area contributed by atoms with Crippen LogP contribution >= 0.6 is 12.2 Å². The second-order valence-corrected chi connectivity index (χ2v) is 9.65. The lowest BCUT2D eigenvalue weighted by Gasteiger charge is -2.15. The Balaban J connectivity index is 1.33. The Labute approximate surface area is 240 Å². The number of carbonyl (C=O) groups excluding carboxylic acids is 2. The first-order chi connectivity index (χ1) is 20.0. The van der Waals surface area contributed by atoms with E-state index in [9.17, 15) is 24.0 Å². The largest absolute Gasteiger partial charge is 0.478 e. The summed E-state index contributed by atoms with van der Waals surface area (Å²) in [5.74, 6) is -2.22. The highest BCUT2D eigenvalue weighted by Gasteiger charge is 2.21. The zero-order chi connectivity index (χ0) is 30.1. The normalized spacial score (nSPS) is 11.7. The lowest BCUT2D eigenvalue weighted by Crippen LogP contribution is -2.36. The number of amides is 2. The van der Waals surface area contributed by atoms with Gasteiger partial charge < -0.3 is 26.8 Å². The minimum absolute atomic E-state index is 0.00744. The molecule has 3 aromatic carbocycles. The number of carboxylic acid groups (broad SMARTS) is 1. The van der Waals surface area contributed by atoms with Crippen molar-refractivity contribution in [3.05, 3.63) is 108 Å². The van der Waals surface area contributed by atoms with Gasteiger partial charge in [0.15, 0.2) is 0 Å². The number of nitrogens with one attached hydrogen (secondary N) is 4. The highest BCUT2D eigenvalue weighted by Crippen LogP contribution is 2.20. The van der Waals surface area contributed by atoms with Crippen molar-refractivity contribution in [1.29, 1.82) is 0 Å². The Morgan fingerprint density at radius 2 is 1.81 bits per heavy atom. The van der Waals surface area contributed by atoms with Crippen molar-refractivity contribution in [3.63, 3.8) is 0 Å². The van der Waals surface area contributed by atoms with Crippen LogP contribution < -0.4 is 32.5 Å². The first-order valence-electron chi connectivity index (χ1n) is 12.4. The smallest absolute Gasteiger partial charge is 0.335 e. The number of hydrogen-bond acceptors (Lipinski definition) is 10. The molecule has 0 fully saturated rings. The van der Waals surface area contributed by atoms with Crippen LogP contribution in [0.4, 0.5) is 17.1 Å². The van der Waals surface area contributed by atoms with Crippen LogP contribution in [0.15, 0.2) is 64.2 Å². The topological polar surface area (TPSA) is 214 Å². The predicted molar refractivity (Wildman–Crippen MR) is 154 cm³/mol. The quantitative estimate of drug-likeness (QED) is 0.108. The molecule has 0 radical (unpaired) electrons. The standard InChI is InChI=1S/C27H22N8O6S/c1-12(14-5-7-15(8-6-14)25(40)41)30-23(38)17-10-18(35-26(32-17)33-34-27(35)42)24(39)29-11-13-3-2-4-16(9-13)31-20-19(28)21(36)22(20)37/h2-10,12,31H,11,28H2,1H3,(H,29,39)(H,30,38)(H,34,42)(H,40,41)/t12-/m0/s1. The third-order valence-electron chi connectivity index (χ3n) is 6.46. The first kappa shape index (κ1) is 27.9. The predicted octanol–water partition coefficient (Wildman–Crippen LogP) is 1.83. The maximum Gasteiger partial charge on any atom is 0.335 e. The van der Waals surface area contributed by atoms with Gasteiger partial charge in [0.2, 0.25) is 4.77 Å². The number of benzene rings is 2. The summed E-state index contributed by atoms with van der Waals surface area (Å²) in [6, 6.07) is 13.6. The average Bonchev–Trinajstić information content (AvgIpc) is 3.38. The summed E-state index contributed by atoms with van der Waals surface area (Å²) in [6.07, 6.45) is 0. The molecule has 2 amide bonds. The van der Waals surface area contributed by atoms with Crippen molar-refractivity contribution >= 4 is 52.8 Å². The number of nitrogen functional groups attached to an aromatic ring is 1. The van der Waals surface area contributed by atoms with E-state index in [1.165, 1.54) is 22.6 Å². The number of H-pyrrole nitrogens is 1. The van der Waals surface area contributed by atoms with Gasteiger partial charge in [-0.15, -0.1) is 5.10 Å². The fourth-order valence-electron chi connectivity index (χ4n) is 4.18. The summed E-state index contributed by atoms with van der Waals surface area (Å²) < 4.78 is 1.39. The second-order valence-electron chi connectivity index (χ2n) is 9.27. The number of aromatic nitrogens is 4. The molecule has 5 rings (SSSR count). The van der Waals surface area contributed by atoms with Crippen LogP contribution in [0.1, 0.15) is 55.4 Å². The van der Waals surface area contributed by atoms with E-state index >= 15 is 0 Å². The molecule has 15 heteroatoms. The number of nitrogens with two attached hydrogens (primary N) is 1. The van der Waals surface area contributed by atoms with Gasteiger partial charge in [0.25, 0.3) is 28.4 Å². The maximum absolute atomic E-state index is 13.3. The van der Waals surface area contributed by atoms with Crippen LogP contribution in [0.25, 0.3) is 5.78 Å². The lowest BCUT2D eigenvalue weighted by atomic mass is 10.1. The Morgan fingerprint density at radius 1 is 1.07 bits per heavy atom. The SMILES string of the molecule is C[C@H](NC(=O)c1cc(C(=O)NCc2cccc(Nc3c(N)c(=O)c3=O)c2)n2c(=S)[nH]nc2n1)c1ccc(C(=O)O)cc1. The number of aromatic amines is 1. The molecule has 0 unspecified atom stereocenters. The van der Waals surface area contributed by atoms with Gasteiger partial charge in [-0.2, -0.15) is 0 Å². The summed E-state index contributed by atoms with van der Waals surface area (Å²) in [6.45, 7) is 1.78. The van der Waals surface area contributed by atoms with Gasteiger partial charge in [-0.25, -0.2) is 19.3 Å². The molecule has 42 heavy (non-hydrogen) atoms. The van der Waals surface area contributed by atoms with Crippen molar-refractivity contribution in [2.45, 2.75) is 19.5 Å². The molecule has 14 nitrogen and oxygen atoms in total. The molecule has 0 saturated heterocycles. The second kappa shape index (κ2) is 11.1. The first-order valence-corrected chi connectivity index (χ1v) is 12.8. The van der Waals surface area contributed by atoms with E-state index in [4.69, 9.17) is 23.1 Å². The van der Waals surface area contributed by atoms with Gasteiger partial charge in [0, 0.05) is 12.2 Å². The number of rotatable bonds is 9. The molecule has 1 atom stereocenters. The minimum Gasteiger partial charge on any atom is -0.478 e. The molecule has 0 aliphatic carbocycles. The fraction of sp³-hybridized carbons (Fsp3) is 0.111. The van der Waals surface area contributed by atoms with Gasteiger partial charge in [-0.1, -0.05) is 24.3 Å². The molecule has 0 aliphatic rings. The molecule has 0 spiro atoms. The molecular weight excluding hydrogens is 564 g/mol. The Bertz CT molecular complexity index is 2010. The molecule has 2 aromatic heterocycles. The number of anilines is 3. The average molecular weight is 587 g/mol. The fourth-order valence-corrected chi connectivity index (χ4v) is 4.40. The summed E-state index contributed by atoms with van der Waals surface area (Å²) in [5, 5.41) is 24.0. The van der Waals surface area contributed by atoms with Gasteiger partial charge in [0.1, 0.15) is 22.8 Å². The van der Waals surface area contributed by atoms with E-state index in [1.807, 2.05) is 0 Å². The van der Waals surface area contributed by atoms with Crippen LogP contribution in [0, 0.1) is 4.77 Å². The zero-order valence-corrected chi connectivity index (χ0v) is 22.6. The summed E-state index contributed by atoms with van der Waals surface area (Å²) in [5.41, 5.74) is 5.88. The molecule has 5 aromatic rings. The minimum atomic E-state index is -1.06. The number of carbonyl (C=O) groups is 3. The van der Waals surface area contributed by atoms with Crippen LogP contribution in [-0.2, 0) is 6.54 Å². The van der Waals surface area contributed by atoms with Crippen molar-refractivity contribution in [2.24, 2.45) is 0 Å². The van der Waals surface area contributed by atoms with Crippen molar-refractivity contribution in [2.75, 3.05) is 11.1 Å². The van der Waals surface area contributed by atoms with Gasteiger partial charge >= 0.3 is 5.97 Å². The van der Waals surface area contributed by atoms with Crippen molar-refractivity contribution < 1.29 is 19.5 Å². The van der Waals surface area contributed by atoms with E-state index in [-0.39, 0.29) is 45.4 Å². The van der Waals surface area contributed by atoms with Gasteiger partial charge in [-0.05, 0) is 60.6 Å². The van der Waals surface area contributed by atoms with Gasteiger partial charge in [-0.3, -0.25) is 19.2 Å².